The zero-order chi connectivity index (χ0) is 23.4. The van der Waals surface area contributed by atoms with E-state index in [1.807, 2.05) is 50.5 Å². The van der Waals surface area contributed by atoms with Crippen LogP contribution in [0.2, 0.25) is 0 Å². The molecule has 1 amide bonds. The highest BCUT2D eigenvalue weighted by atomic mass is 16.1. The van der Waals surface area contributed by atoms with Gasteiger partial charge in [0.1, 0.15) is 5.82 Å². The van der Waals surface area contributed by atoms with Gasteiger partial charge in [0.2, 0.25) is 0 Å². The Labute approximate surface area is 196 Å². The van der Waals surface area contributed by atoms with Crippen molar-refractivity contribution in [2.75, 3.05) is 32.5 Å². The Balaban J connectivity index is 1.58. The first-order valence-electron chi connectivity index (χ1n) is 11.5. The van der Waals surface area contributed by atoms with E-state index in [0.29, 0.717) is 17.3 Å². The number of amides is 1. The summed E-state index contributed by atoms with van der Waals surface area (Å²) in [7, 11) is 4.03. The fraction of sp³-hybridized carbons (Fsp3) is 0.286. The Bertz CT molecular complexity index is 1210. The van der Waals surface area contributed by atoms with Crippen molar-refractivity contribution < 1.29 is 4.79 Å². The van der Waals surface area contributed by atoms with Gasteiger partial charge >= 0.3 is 0 Å². The lowest BCUT2D eigenvalue weighted by molar-refractivity contribution is 0.102. The molecule has 0 unspecified atom stereocenters. The smallest absolute Gasteiger partial charge is 0.256 e. The van der Waals surface area contributed by atoms with Crippen LogP contribution in [0.5, 0.6) is 0 Å². The predicted octanol–water partition coefficient (Wildman–Crippen LogP) is 5.35. The molecule has 2 N–H and O–H groups in total. The Kier molecular flexibility index (Phi) is 6.90. The number of allylic oxidation sites excluding steroid dienone is 2. The third kappa shape index (κ3) is 5.15. The summed E-state index contributed by atoms with van der Waals surface area (Å²) in [5, 5.41) is 8.16. The van der Waals surface area contributed by atoms with Crippen molar-refractivity contribution in [3.05, 3.63) is 89.8 Å². The first-order valence-corrected chi connectivity index (χ1v) is 11.5. The van der Waals surface area contributed by atoms with Crippen molar-refractivity contribution in [2.24, 2.45) is 0 Å². The number of piperidine rings is 1. The highest BCUT2D eigenvalue weighted by Gasteiger charge is 2.19. The molecule has 0 radical (unpaired) electrons. The molecule has 0 atom stereocenters. The molecule has 2 aromatic carbocycles. The van der Waals surface area contributed by atoms with Crippen molar-refractivity contribution in [1.82, 2.24) is 15.2 Å². The summed E-state index contributed by atoms with van der Waals surface area (Å²) >= 11 is 0. The van der Waals surface area contributed by atoms with E-state index in [-0.39, 0.29) is 5.91 Å². The second-order valence-electron chi connectivity index (χ2n) is 8.78. The number of pyridine rings is 1. The molecule has 1 aliphatic heterocycles. The number of anilines is 1. The van der Waals surface area contributed by atoms with Crippen LogP contribution in [-0.4, -0.2) is 43.0 Å². The minimum atomic E-state index is -0.131. The van der Waals surface area contributed by atoms with Crippen molar-refractivity contribution in [3.8, 4) is 0 Å². The number of benzene rings is 2. The van der Waals surface area contributed by atoms with E-state index in [0.717, 1.165) is 53.5 Å². The molecule has 0 aliphatic carbocycles. The summed E-state index contributed by atoms with van der Waals surface area (Å²) in [6.45, 7) is 8.07. The minimum absolute atomic E-state index is 0.131. The van der Waals surface area contributed by atoms with Crippen molar-refractivity contribution in [1.29, 1.82) is 0 Å². The summed E-state index contributed by atoms with van der Waals surface area (Å²) in [4.78, 5) is 20.1. The number of hydrogen-bond acceptors (Lipinski definition) is 4. The summed E-state index contributed by atoms with van der Waals surface area (Å²) in [6, 6.07) is 16.2. The molecule has 2 heterocycles. The van der Waals surface area contributed by atoms with Crippen LogP contribution in [0.1, 0.15) is 45.9 Å². The molecule has 5 nitrogen and oxygen atoms in total. The summed E-state index contributed by atoms with van der Waals surface area (Å²) in [5.41, 5.74) is 4.86. The first-order chi connectivity index (χ1) is 16.0. The van der Waals surface area contributed by atoms with Crippen LogP contribution in [0.15, 0.2) is 67.4 Å². The van der Waals surface area contributed by atoms with E-state index in [1.54, 1.807) is 0 Å². The number of rotatable bonds is 6. The van der Waals surface area contributed by atoms with E-state index in [2.05, 4.69) is 58.4 Å². The lowest BCUT2D eigenvalue weighted by Gasteiger charge is -2.29. The number of carbonyl (C=O) groups is 1. The van der Waals surface area contributed by atoms with Gasteiger partial charge in [0.05, 0.1) is 0 Å². The maximum atomic E-state index is 13.1. The maximum absolute atomic E-state index is 13.1. The van der Waals surface area contributed by atoms with Gasteiger partial charge in [-0.3, -0.25) is 4.79 Å². The summed E-state index contributed by atoms with van der Waals surface area (Å²) in [6.07, 6.45) is 6.00. The normalized spacial score (nSPS) is 15.4. The second-order valence-corrected chi connectivity index (χ2v) is 8.78. The standard InChI is InChI=1S/C28H32N4O/c1-5-20(18-29-3)23-9-10-26-19(2)30-27(17-25(26)16-23)31-28(33)24-8-6-7-22(15-24)21-11-13-32(4)14-12-21/h5-10,15-18,21,29H,1,11-14H2,2-4H3,(H,30,31,33)/b20-18+. The van der Waals surface area contributed by atoms with Gasteiger partial charge < -0.3 is 15.5 Å². The lowest BCUT2D eigenvalue weighted by atomic mass is 9.89. The second kappa shape index (κ2) is 10.0. The number of nitrogens with one attached hydrogen (secondary N) is 2. The van der Waals surface area contributed by atoms with Crippen LogP contribution in [0.25, 0.3) is 16.3 Å². The number of aromatic nitrogens is 1. The van der Waals surface area contributed by atoms with Crippen LogP contribution in [-0.2, 0) is 0 Å². The topological polar surface area (TPSA) is 57.3 Å². The van der Waals surface area contributed by atoms with Gasteiger partial charge in [-0.25, -0.2) is 4.98 Å². The van der Waals surface area contributed by atoms with Crippen LogP contribution in [0.4, 0.5) is 5.82 Å². The van der Waals surface area contributed by atoms with Crippen molar-refractivity contribution >= 4 is 28.1 Å². The molecule has 170 valence electrons. The van der Waals surface area contributed by atoms with Gasteiger partial charge in [0.15, 0.2) is 0 Å². The predicted molar refractivity (Wildman–Crippen MR) is 138 cm³/mol. The van der Waals surface area contributed by atoms with E-state index in [4.69, 9.17) is 0 Å². The molecule has 0 saturated carbocycles. The molecule has 1 aliphatic rings. The lowest BCUT2D eigenvalue weighted by Crippen LogP contribution is -2.29. The Morgan fingerprint density at radius 1 is 1.12 bits per heavy atom. The first kappa shape index (κ1) is 22.7. The monoisotopic (exact) mass is 440 g/mol. The van der Waals surface area contributed by atoms with Crippen LogP contribution >= 0.6 is 0 Å². The fourth-order valence-corrected chi connectivity index (χ4v) is 4.56. The molecule has 1 saturated heterocycles. The zero-order valence-corrected chi connectivity index (χ0v) is 19.7. The fourth-order valence-electron chi connectivity index (χ4n) is 4.56. The molecular weight excluding hydrogens is 408 g/mol. The number of hydrogen-bond donors (Lipinski definition) is 2. The number of fused-ring (bicyclic) bond motifs is 1. The molecule has 4 rings (SSSR count). The zero-order valence-electron chi connectivity index (χ0n) is 19.7. The van der Waals surface area contributed by atoms with E-state index >= 15 is 0 Å². The highest BCUT2D eigenvalue weighted by Crippen LogP contribution is 2.29. The average Bonchev–Trinajstić information content (AvgIpc) is 2.82. The van der Waals surface area contributed by atoms with Crippen LogP contribution in [0, 0.1) is 6.92 Å². The SMILES string of the molecule is C=C/C(=C\NC)c1ccc2c(C)nc(NC(=O)c3cccc(C4CCN(C)CC4)c3)cc2c1. The minimum Gasteiger partial charge on any atom is -0.393 e. The van der Waals surface area contributed by atoms with Crippen LogP contribution in [0.3, 0.4) is 0 Å². The Hall–Kier alpha value is -3.44. The molecule has 0 spiro atoms. The molecule has 1 aromatic heterocycles. The third-order valence-corrected chi connectivity index (χ3v) is 6.46. The van der Waals surface area contributed by atoms with Gasteiger partial charge in [0, 0.05) is 29.9 Å². The van der Waals surface area contributed by atoms with Crippen LogP contribution < -0.4 is 10.6 Å². The van der Waals surface area contributed by atoms with Gasteiger partial charge in [-0.05, 0) is 92.2 Å². The average molecular weight is 441 g/mol. The van der Waals surface area contributed by atoms with Crippen molar-refractivity contribution in [2.45, 2.75) is 25.7 Å². The molecule has 33 heavy (non-hydrogen) atoms. The van der Waals surface area contributed by atoms with Crippen molar-refractivity contribution in [3.63, 3.8) is 0 Å². The summed E-state index contributed by atoms with van der Waals surface area (Å²) in [5.74, 6) is 0.941. The van der Waals surface area contributed by atoms with Gasteiger partial charge in [0.25, 0.3) is 5.91 Å². The molecule has 3 aromatic rings. The molecule has 0 bridgehead atoms. The number of carbonyl (C=O) groups excluding carboxylic acids is 1. The number of aryl methyl sites for hydroxylation is 1. The Morgan fingerprint density at radius 3 is 2.64 bits per heavy atom. The largest absolute Gasteiger partial charge is 0.393 e. The molecule has 5 heteroatoms. The van der Waals surface area contributed by atoms with Gasteiger partial charge in [-0.1, -0.05) is 36.9 Å². The third-order valence-electron chi connectivity index (χ3n) is 6.46. The highest BCUT2D eigenvalue weighted by molar-refractivity contribution is 6.05. The van der Waals surface area contributed by atoms with E-state index < -0.39 is 0 Å². The Morgan fingerprint density at radius 2 is 1.91 bits per heavy atom. The van der Waals surface area contributed by atoms with Gasteiger partial charge in [-0.2, -0.15) is 0 Å². The quantitative estimate of drug-likeness (QED) is 0.507. The molecule has 1 fully saturated rings. The van der Waals surface area contributed by atoms with Gasteiger partial charge in [-0.15, -0.1) is 0 Å². The number of nitrogens with zero attached hydrogens (tertiary/aromatic N) is 2. The van der Waals surface area contributed by atoms with E-state index in [9.17, 15) is 4.79 Å². The number of likely N-dealkylation sites (tertiary alicyclic amines) is 1. The maximum Gasteiger partial charge on any atom is 0.256 e. The van der Waals surface area contributed by atoms with E-state index in [1.165, 1.54) is 5.56 Å². The molecular formula is C28H32N4O. The summed E-state index contributed by atoms with van der Waals surface area (Å²) < 4.78 is 0.